The first-order valence-electron chi connectivity index (χ1n) is 12.5. The third-order valence-electron chi connectivity index (χ3n) is 7.25. The molecule has 1 heterocycles. The first-order valence-corrected chi connectivity index (χ1v) is 12.5. The molecule has 6 aromatic rings. The summed E-state index contributed by atoms with van der Waals surface area (Å²) in [5.74, 6) is 2.12. The van der Waals surface area contributed by atoms with Crippen LogP contribution in [0.5, 0.6) is 23.0 Å². The fourth-order valence-electron chi connectivity index (χ4n) is 5.44. The fraction of sp³-hybridized carbons (Fsp3) is 0.121. The van der Waals surface area contributed by atoms with Crippen LogP contribution in [0.3, 0.4) is 0 Å². The summed E-state index contributed by atoms with van der Waals surface area (Å²) in [5, 5.41) is 3.89. The van der Waals surface area contributed by atoms with E-state index in [2.05, 4.69) is 47.4 Å². The summed E-state index contributed by atoms with van der Waals surface area (Å²) in [6.45, 7) is 0. The molecule has 0 aliphatic rings. The van der Waals surface area contributed by atoms with E-state index in [1.807, 2.05) is 42.5 Å². The fourth-order valence-corrected chi connectivity index (χ4v) is 5.44. The van der Waals surface area contributed by atoms with Crippen LogP contribution in [0.1, 0.15) is 0 Å². The van der Waals surface area contributed by atoms with Crippen LogP contribution in [-0.2, 0) is 0 Å². The normalized spacial score (nSPS) is 11.2. The van der Waals surface area contributed by atoms with Crippen LogP contribution in [0.25, 0.3) is 54.7 Å². The molecule has 6 nitrogen and oxygen atoms in total. The Morgan fingerprint density at radius 3 is 1.82 bits per heavy atom. The van der Waals surface area contributed by atoms with Crippen molar-refractivity contribution in [3.8, 4) is 45.3 Å². The maximum atomic E-state index is 13.4. The Bertz CT molecular complexity index is 1910. The number of benzene rings is 5. The highest BCUT2D eigenvalue weighted by molar-refractivity contribution is 6.19. The molecule has 0 spiro atoms. The number of H-pyrrole nitrogens is 1. The minimum atomic E-state index is -0.260. The van der Waals surface area contributed by atoms with Gasteiger partial charge in [0.2, 0.25) is 0 Å². The number of aromatic amines is 1. The van der Waals surface area contributed by atoms with Gasteiger partial charge in [-0.05, 0) is 40.3 Å². The highest BCUT2D eigenvalue weighted by Gasteiger charge is 2.21. The molecule has 0 bridgehead atoms. The number of nitrogens with one attached hydrogen (secondary N) is 1. The van der Waals surface area contributed by atoms with Crippen molar-refractivity contribution in [1.82, 2.24) is 4.98 Å². The first kappa shape index (κ1) is 24.4. The van der Waals surface area contributed by atoms with Crippen LogP contribution < -0.4 is 24.5 Å². The summed E-state index contributed by atoms with van der Waals surface area (Å²) >= 11 is 0. The predicted octanol–water partition coefficient (Wildman–Crippen LogP) is 7.20. The highest BCUT2D eigenvalue weighted by atomic mass is 16.5. The zero-order valence-electron chi connectivity index (χ0n) is 22.1. The summed E-state index contributed by atoms with van der Waals surface area (Å²) in [7, 11) is 6.35. The Balaban J connectivity index is 1.66. The Labute approximate surface area is 225 Å². The van der Waals surface area contributed by atoms with Crippen LogP contribution in [0.4, 0.5) is 0 Å². The van der Waals surface area contributed by atoms with Crippen molar-refractivity contribution in [3.63, 3.8) is 0 Å². The summed E-state index contributed by atoms with van der Waals surface area (Å²) in [5.41, 5.74) is 4.58. The molecule has 6 heteroatoms. The largest absolute Gasteiger partial charge is 0.493 e. The van der Waals surface area contributed by atoms with Crippen molar-refractivity contribution in [1.29, 1.82) is 0 Å². The second-order valence-corrected chi connectivity index (χ2v) is 9.19. The van der Waals surface area contributed by atoms with Gasteiger partial charge in [0.15, 0.2) is 23.0 Å². The van der Waals surface area contributed by atoms with E-state index in [1.165, 1.54) is 7.11 Å². The van der Waals surface area contributed by atoms with Crippen molar-refractivity contribution >= 4 is 32.4 Å². The van der Waals surface area contributed by atoms with E-state index in [9.17, 15) is 4.79 Å². The Morgan fingerprint density at radius 2 is 1.15 bits per heavy atom. The summed E-state index contributed by atoms with van der Waals surface area (Å²) in [4.78, 5) is 16.6. The maximum Gasteiger partial charge on any atom is 0.260 e. The third kappa shape index (κ3) is 3.84. The summed E-state index contributed by atoms with van der Waals surface area (Å²) < 4.78 is 22.7. The minimum absolute atomic E-state index is 0.260. The van der Waals surface area contributed by atoms with Gasteiger partial charge in [0.1, 0.15) is 0 Å². The standard InChI is InChI=1S/C33H27NO5/c1-36-26-17-16-22-24-15-14-23-25(30(24)34-33(35)29(22)31(26)38-3)18-27(37-2)32(39-4)28(23)21-12-10-20(11-13-21)19-8-6-5-7-9-19/h5-18H,1-4H3,(H,34,35). The molecule has 0 aliphatic carbocycles. The lowest BCUT2D eigenvalue weighted by Gasteiger charge is -2.18. The number of rotatable bonds is 6. The molecule has 0 atom stereocenters. The average molecular weight is 518 g/mol. The van der Waals surface area contributed by atoms with E-state index < -0.39 is 0 Å². The number of pyridine rings is 1. The Hall–Kier alpha value is -4.97. The number of hydrogen-bond donors (Lipinski definition) is 1. The quantitative estimate of drug-likeness (QED) is 0.237. The Morgan fingerprint density at radius 1 is 0.538 bits per heavy atom. The topological polar surface area (TPSA) is 69.8 Å². The van der Waals surface area contributed by atoms with Gasteiger partial charge >= 0.3 is 0 Å². The molecule has 0 aliphatic heterocycles. The van der Waals surface area contributed by atoms with Crippen molar-refractivity contribution in [2.75, 3.05) is 28.4 Å². The van der Waals surface area contributed by atoms with Gasteiger partial charge in [0.25, 0.3) is 5.56 Å². The second-order valence-electron chi connectivity index (χ2n) is 9.19. The molecule has 39 heavy (non-hydrogen) atoms. The molecule has 1 N–H and O–H groups in total. The minimum Gasteiger partial charge on any atom is -0.493 e. The van der Waals surface area contributed by atoms with E-state index in [0.29, 0.717) is 33.9 Å². The third-order valence-corrected chi connectivity index (χ3v) is 7.25. The number of fused-ring (bicyclic) bond motifs is 5. The van der Waals surface area contributed by atoms with Crippen molar-refractivity contribution in [2.45, 2.75) is 0 Å². The molecule has 0 radical (unpaired) electrons. The smallest absolute Gasteiger partial charge is 0.260 e. The van der Waals surface area contributed by atoms with Crippen molar-refractivity contribution in [3.05, 3.63) is 95.3 Å². The van der Waals surface area contributed by atoms with Gasteiger partial charge < -0.3 is 23.9 Å². The first-order chi connectivity index (χ1) is 19.1. The van der Waals surface area contributed by atoms with E-state index in [0.717, 1.165) is 43.8 Å². The van der Waals surface area contributed by atoms with Crippen LogP contribution in [0.2, 0.25) is 0 Å². The SMILES string of the molecule is COc1cc2c(ccc3c4ccc(OC)c(OC)c4c(=O)[nH]c23)c(-c2ccc(-c3ccccc3)cc2)c1OC. The lowest BCUT2D eigenvalue weighted by molar-refractivity contribution is 0.357. The molecule has 0 saturated heterocycles. The van der Waals surface area contributed by atoms with E-state index in [4.69, 9.17) is 18.9 Å². The molecule has 0 amide bonds. The van der Waals surface area contributed by atoms with Gasteiger partial charge in [0.05, 0.1) is 39.3 Å². The van der Waals surface area contributed by atoms with Gasteiger partial charge in [-0.3, -0.25) is 4.79 Å². The monoisotopic (exact) mass is 517 g/mol. The highest BCUT2D eigenvalue weighted by Crippen LogP contribution is 2.46. The van der Waals surface area contributed by atoms with Crippen LogP contribution in [0, 0.1) is 0 Å². The number of aromatic nitrogens is 1. The van der Waals surface area contributed by atoms with E-state index in [1.54, 1.807) is 21.3 Å². The molecule has 194 valence electrons. The summed E-state index contributed by atoms with van der Waals surface area (Å²) in [6, 6.07) is 28.3. The molecule has 0 unspecified atom stereocenters. The molecule has 0 saturated carbocycles. The van der Waals surface area contributed by atoms with Gasteiger partial charge in [0, 0.05) is 21.7 Å². The molecule has 6 rings (SSSR count). The van der Waals surface area contributed by atoms with Gasteiger partial charge in [-0.25, -0.2) is 0 Å². The van der Waals surface area contributed by atoms with Crippen LogP contribution in [0.15, 0.2) is 89.7 Å². The van der Waals surface area contributed by atoms with Crippen molar-refractivity contribution in [2.24, 2.45) is 0 Å². The lowest BCUT2D eigenvalue weighted by Crippen LogP contribution is -2.09. The van der Waals surface area contributed by atoms with Crippen LogP contribution >= 0.6 is 0 Å². The Kier molecular flexibility index (Phi) is 6.08. The number of hydrogen-bond acceptors (Lipinski definition) is 5. The average Bonchev–Trinajstić information content (AvgIpc) is 2.99. The van der Waals surface area contributed by atoms with E-state index >= 15 is 0 Å². The lowest BCUT2D eigenvalue weighted by atomic mass is 9.92. The zero-order chi connectivity index (χ0) is 27.1. The molecular formula is C33H27NO5. The summed E-state index contributed by atoms with van der Waals surface area (Å²) in [6.07, 6.45) is 0. The molecule has 1 aromatic heterocycles. The predicted molar refractivity (Wildman–Crippen MR) is 157 cm³/mol. The maximum absolute atomic E-state index is 13.4. The molecule has 0 fully saturated rings. The number of ether oxygens (including phenoxy) is 4. The zero-order valence-corrected chi connectivity index (χ0v) is 22.1. The van der Waals surface area contributed by atoms with E-state index in [-0.39, 0.29) is 5.56 Å². The number of methoxy groups -OCH3 is 4. The van der Waals surface area contributed by atoms with Gasteiger partial charge in [-0.2, -0.15) is 0 Å². The molecule has 5 aromatic carbocycles. The molecular weight excluding hydrogens is 490 g/mol. The van der Waals surface area contributed by atoms with Crippen molar-refractivity contribution < 1.29 is 18.9 Å². The van der Waals surface area contributed by atoms with Gasteiger partial charge in [-0.1, -0.05) is 66.7 Å². The van der Waals surface area contributed by atoms with Gasteiger partial charge in [-0.15, -0.1) is 0 Å². The van der Waals surface area contributed by atoms with Crippen LogP contribution in [-0.4, -0.2) is 33.4 Å². The second kappa shape index (κ2) is 9.72.